The Kier molecular flexibility index (Phi) is 57.0. The fraction of sp³-hybridized carbons (Fsp3) is 0.944. The van der Waals surface area contributed by atoms with Gasteiger partial charge in [-0.15, -0.1) is 0 Å². The average molecular weight is 806 g/mol. The van der Waals surface area contributed by atoms with E-state index in [0.717, 1.165) is 25.7 Å². The van der Waals surface area contributed by atoms with Crippen LogP contribution in [0.4, 0.5) is 0 Å². The van der Waals surface area contributed by atoms with Gasteiger partial charge in [-0.2, -0.15) is 0 Å². The molecule has 0 unspecified atom stereocenters. The van der Waals surface area contributed by atoms with Gasteiger partial charge in [-0.05, 0) is 25.7 Å². The van der Waals surface area contributed by atoms with Crippen LogP contribution >= 0.6 is 0 Å². The third-order valence-electron chi connectivity index (χ3n) is 7.38. The van der Waals surface area contributed by atoms with Crippen LogP contribution in [-0.2, 0) is 9.59 Å². The number of carboxylic acid groups (broad SMARTS) is 2. The summed E-state index contributed by atoms with van der Waals surface area (Å²) < 4.78 is 3.30. The van der Waals surface area contributed by atoms with Crippen molar-refractivity contribution in [2.24, 2.45) is 0 Å². The van der Waals surface area contributed by atoms with Crippen LogP contribution in [0.25, 0.3) is 0 Å². The number of aliphatic carboxylic acids is 2. The van der Waals surface area contributed by atoms with Crippen LogP contribution in [0.2, 0.25) is 8.87 Å². The minimum absolute atomic E-state index is 0. The van der Waals surface area contributed by atoms with Crippen molar-refractivity contribution in [3.63, 3.8) is 0 Å². The van der Waals surface area contributed by atoms with E-state index in [4.69, 9.17) is 0 Å². The molecule has 0 bridgehead atoms. The van der Waals surface area contributed by atoms with Crippen molar-refractivity contribution in [2.75, 3.05) is 0 Å². The van der Waals surface area contributed by atoms with Gasteiger partial charge >= 0.3 is 119 Å². The minimum Gasteiger partial charge on any atom is 4.00 e. The first-order valence-corrected chi connectivity index (χ1v) is 22.1. The summed E-state index contributed by atoms with van der Waals surface area (Å²) in [4.78, 5) is 20.2. The molecule has 0 saturated heterocycles. The van der Waals surface area contributed by atoms with Crippen molar-refractivity contribution in [1.82, 2.24) is 0 Å². The summed E-state index contributed by atoms with van der Waals surface area (Å²) >= 11 is 0.104. The molecule has 0 aromatic heterocycles. The van der Waals surface area contributed by atoms with E-state index in [0.29, 0.717) is 0 Å². The zero-order valence-corrected chi connectivity index (χ0v) is 34.6. The number of hydrogen-bond acceptors (Lipinski definition) is 4. The molecule has 6 heteroatoms. The molecule has 0 aromatic carbocycles. The molecule has 0 heterocycles. The van der Waals surface area contributed by atoms with Crippen LogP contribution in [0.5, 0.6) is 0 Å². The largest absolute Gasteiger partial charge is 4.00 e. The van der Waals surface area contributed by atoms with Crippen molar-refractivity contribution in [3.8, 4) is 0 Å². The standard InChI is InChI=1S/2C12H24O2.2C6H13.2Sn/c2*1-2-3-4-5-6-7-8-9-10-11-12(13)14;2*1-3-5-6-4-2;;/h2*2-11H2,1H3,(H,13,14);2*1,3-6H2,2H3;;/q;;;;+2;+4/p-2. The SMILES string of the molecule is CCCCCCCCCCCC(=O)[O-].CCCCCCCCCCCC(=O)[O-].CCCCC[CH2][Sn+2][CH2]CCCCC.[Sn+4]. The molecule has 0 rings (SSSR count). The van der Waals surface area contributed by atoms with Crippen molar-refractivity contribution >= 4 is 57.0 Å². The van der Waals surface area contributed by atoms with Gasteiger partial charge in [0.05, 0.1) is 0 Å². The first-order valence-electron chi connectivity index (χ1n) is 18.1. The zero-order valence-electron chi connectivity index (χ0n) is 28.8. The van der Waals surface area contributed by atoms with Gasteiger partial charge < -0.3 is 19.8 Å². The summed E-state index contributed by atoms with van der Waals surface area (Å²) in [5.74, 6) is -1.82. The molecule has 0 aromatic rings. The Morgan fingerprint density at radius 3 is 0.833 bits per heavy atom. The normalized spacial score (nSPS) is 10.0. The zero-order chi connectivity index (χ0) is 31.1. The van der Waals surface area contributed by atoms with Crippen LogP contribution in [0.3, 0.4) is 0 Å². The Morgan fingerprint density at radius 2 is 0.595 bits per heavy atom. The van der Waals surface area contributed by atoms with E-state index >= 15 is 0 Å². The van der Waals surface area contributed by atoms with Gasteiger partial charge in [0.15, 0.2) is 0 Å². The van der Waals surface area contributed by atoms with Crippen LogP contribution < -0.4 is 10.2 Å². The molecular formula is C36H72O4Sn2+4. The predicted molar refractivity (Wildman–Crippen MR) is 183 cm³/mol. The molecule has 42 heavy (non-hydrogen) atoms. The molecule has 0 aliphatic rings. The van der Waals surface area contributed by atoms with E-state index in [1.165, 1.54) is 128 Å². The summed E-state index contributed by atoms with van der Waals surface area (Å²) in [7, 11) is 0. The molecule has 244 valence electrons. The van der Waals surface area contributed by atoms with Crippen LogP contribution in [0.15, 0.2) is 0 Å². The number of carbonyl (C=O) groups is 2. The van der Waals surface area contributed by atoms with Crippen molar-refractivity contribution < 1.29 is 19.8 Å². The topological polar surface area (TPSA) is 80.3 Å². The Labute approximate surface area is 291 Å². The van der Waals surface area contributed by atoms with Crippen molar-refractivity contribution in [2.45, 2.75) is 216 Å². The summed E-state index contributed by atoms with van der Waals surface area (Å²) in [5.41, 5.74) is 0. The van der Waals surface area contributed by atoms with Gasteiger partial charge in [-0.3, -0.25) is 0 Å². The number of carboxylic acids is 2. The Hall–Kier alpha value is 0.537. The first-order chi connectivity index (χ1) is 20.0. The van der Waals surface area contributed by atoms with Gasteiger partial charge in [0.1, 0.15) is 0 Å². The van der Waals surface area contributed by atoms with E-state index in [-0.39, 0.29) is 57.9 Å². The van der Waals surface area contributed by atoms with E-state index in [2.05, 4.69) is 27.7 Å². The molecule has 0 atom stereocenters. The molecule has 0 amide bonds. The second-order valence-corrected chi connectivity index (χ2v) is 16.1. The van der Waals surface area contributed by atoms with Crippen LogP contribution in [-0.4, -0.2) is 57.0 Å². The van der Waals surface area contributed by atoms with Gasteiger partial charge in [-0.1, -0.05) is 117 Å². The monoisotopic (exact) mass is 808 g/mol. The molecule has 4 nitrogen and oxygen atoms in total. The number of hydrogen-bond donors (Lipinski definition) is 0. The van der Waals surface area contributed by atoms with Crippen LogP contribution in [0, 0.1) is 0 Å². The molecule has 0 saturated carbocycles. The predicted octanol–water partition coefficient (Wildman–Crippen LogP) is 9.62. The summed E-state index contributed by atoms with van der Waals surface area (Å²) in [6, 6.07) is 0. The molecule has 0 aliphatic carbocycles. The summed E-state index contributed by atoms with van der Waals surface area (Å²) in [5, 5.41) is 20.2. The fourth-order valence-corrected chi connectivity index (χ4v) is 8.21. The van der Waals surface area contributed by atoms with E-state index in [1.807, 2.05) is 0 Å². The van der Waals surface area contributed by atoms with Crippen LogP contribution in [0.1, 0.15) is 207 Å². The van der Waals surface area contributed by atoms with Gasteiger partial charge in [0, 0.05) is 11.9 Å². The molecule has 0 aliphatic heterocycles. The molecule has 0 spiro atoms. The molecular weight excluding hydrogens is 734 g/mol. The Balaban J connectivity index is -0.000000255. The van der Waals surface area contributed by atoms with Gasteiger partial charge in [0.2, 0.25) is 0 Å². The maximum atomic E-state index is 10.1. The average Bonchev–Trinajstić information content (AvgIpc) is 2.95. The second kappa shape index (κ2) is 48.4. The maximum absolute atomic E-state index is 10.1. The van der Waals surface area contributed by atoms with Gasteiger partial charge in [-0.25, -0.2) is 0 Å². The minimum atomic E-state index is -0.909. The molecule has 0 N–H and O–H groups in total. The second-order valence-electron chi connectivity index (χ2n) is 11.8. The van der Waals surface area contributed by atoms with Crippen molar-refractivity contribution in [1.29, 1.82) is 0 Å². The number of rotatable bonds is 30. The first kappa shape index (κ1) is 49.4. The molecule has 0 fully saturated rings. The van der Waals surface area contributed by atoms with E-state index in [9.17, 15) is 19.8 Å². The van der Waals surface area contributed by atoms with E-state index < -0.39 is 11.9 Å². The Morgan fingerprint density at radius 1 is 0.381 bits per heavy atom. The summed E-state index contributed by atoms with van der Waals surface area (Å²) in [6.45, 7) is 9.04. The number of carbonyl (C=O) groups excluding carboxylic acids is 2. The molecule has 0 radical (unpaired) electrons. The smallest absolute Gasteiger partial charge is 4.00 e. The Bertz CT molecular complexity index is 447. The summed E-state index contributed by atoms with van der Waals surface area (Å²) in [6.07, 6.45) is 34.2. The van der Waals surface area contributed by atoms with Gasteiger partial charge in [0.25, 0.3) is 0 Å². The van der Waals surface area contributed by atoms with E-state index in [1.54, 1.807) is 21.7 Å². The third kappa shape index (κ3) is 59.9. The number of unbranched alkanes of at least 4 members (excludes halogenated alkanes) is 22. The van der Waals surface area contributed by atoms with Crippen molar-refractivity contribution in [3.05, 3.63) is 0 Å². The fourth-order valence-electron chi connectivity index (χ4n) is 4.64. The quantitative estimate of drug-likeness (QED) is 0.0535. The maximum Gasteiger partial charge on any atom is 4.00 e. The third-order valence-corrected chi connectivity index (χ3v) is 11.4.